The maximum absolute atomic E-state index is 11.1. The van der Waals surface area contributed by atoms with Gasteiger partial charge in [-0.3, -0.25) is 4.79 Å². The van der Waals surface area contributed by atoms with Gasteiger partial charge < -0.3 is 10.6 Å². The molecule has 0 spiro atoms. The van der Waals surface area contributed by atoms with Crippen LogP contribution >= 0.6 is 12.6 Å². The highest BCUT2D eigenvalue weighted by Crippen LogP contribution is 2.27. The lowest BCUT2D eigenvalue weighted by Crippen LogP contribution is -2.18. The Morgan fingerprint density at radius 2 is 1.88 bits per heavy atom. The third kappa shape index (κ3) is 3.17. The highest BCUT2D eigenvalue weighted by Gasteiger charge is 2.13. The minimum atomic E-state index is -0.559. The van der Waals surface area contributed by atoms with Crippen LogP contribution < -0.4 is 10.6 Å². The van der Waals surface area contributed by atoms with E-state index in [9.17, 15) is 4.79 Å². The molecular formula is C19H19N5OS. The van der Waals surface area contributed by atoms with Crippen molar-refractivity contribution in [3.05, 3.63) is 48.8 Å². The van der Waals surface area contributed by atoms with Crippen LogP contribution in [0.3, 0.4) is 0 Å². The van der Waals surface area contributed by atoms with Crippen LogP contribution in [-0.2, 0) is 4.79 Å². The first-order valence-electron chi connectivity index (χ1n) is 8.51. The van der Waals surface area contributed by atoms with Crippen LogP contribution in [0.2, 0.25) is 0 Å². The second-order valence-electron chi connectivity index (χ2n) is 6.33. The van der Waals surface area contributed by atoms with Crippen molar-refractivity contribution in [3.63, 3.8) is 0 Å². The lowest BCUT2D eigenvalue weighted by Gasteiger charge is -2.16. The number of hydrogen-bond acceptors (Lipinski definition) is 5. The maximum Gasteiger partial charge on any atom is 0.244 e. The van der Waals surface area contributed by atoms with Gasteiger partial charge in [-0.2, -0.15) is 5.10 Å². The smallest absolute Gasteiger partial charge is 0.244 e. The zero-order valence-corrected chi connectivity index (χ0v) is 15.1. The Bertz CT molecular complexity index is 987. The number of carbonyl (C=O) groups is 1. The van der Waals surface area contributed by atoms with Gasteiger partial charge in [0.1, 0.15) is 10.8 Å². The second kappa shape index (κ2) is 6.84. The predicted octanol–water partition coefficient (Wildman–Crippen LogP) is 2.91. The molecule has 1 aromatic carbocycles. The molecule has 2 aromatic heterocycles. The van der Waals surface area contributed by atoms with E-state index in [4.69, 9.17) is 5.73 Å². The molecule has 1 aliphatic heterocycles. The Hall–Kier alpha value is -2.80. The van der Waals surface area contributed by atoms with Gasteiger partial charge in [0.05, 0.1) is 11.7 Å². The largest absolute Gasteiger partial charge is 0.366 e. The first-order valence-corrected chi connectivity index (χ1v) is 8.96. The number of hydrogen-bond donors (Lipinski definition) is 2. The molecular weight excluding hydrogens is 346 g/mol. The molecule has 3 aromatic rings. The third-order valence-electron chi connectivity index (χ3n) is 4.57. The Kier molecular flexibility index (Phi) is 4.38. The molecule has 1 saturated heterocycles. The predicted molar refractivity (Wildman–Crippen MR) is 107 cm³/mol. The molecule has 3 heterocycles. The number of rotatable bonds is 4. The summed E-state index contributed by atoms with van der Waals surface area (Å²) in [5, 5.41) is 5.63. The Morgan fingerprint density at radius 1 is 1.12 bits per heavy atom. The molecule has 0 bridgehead atoms. The van der Waals surface area contributed by atoms with Crippen LogP contribution in [-0.4, -0.2) is 33.8 Å². The number of carbonyl (C=O) groups excluding carboxylic acids is 1. The third-order valence-corrected chi connectivity index (χ3v) is 4.89. The number of nitrogens with two attached hydrogens (primary N) is 1. The Balaban J connectivity index is 1.69. The molecule has 26 heavy (non-hydrogen) atoms. The SMILES string of the molecule is NC(=O)/C=C(\S)n1ncc2ccc(-c3ccc(N4CCCC4)nc3)cc21. The normalized spacial score (nSPS) is 15.0. The minimum absolute atomic E-state index is 0.382. The summed E-state index contributed by atoms with van der Waals surface area (Å²) in [6, 6.07) is 10.2. The van der Waals surface area contributed by atoms with E-state index in [1.54, 1.807) is 10.9 Å². The molecule has 1 amide bonds. The molecule has 1 fully saturated rings. The fraction of sp³-hybridized carbons (Fsp3) is 0.211. The fourth-order valence-corrected chi connectivity index (χ4v) is 3.55. The number of benzene rings is 1. The van der Waals surface area contributed by atoms with Crippen LogP contribution in [0.1, 0.15) is 12.8 Å². The van der Waals surface area contributed by atoms with Gasteiger partial charge in [-0.05, 0) is 36.6 Å². The molecule has 1 aliphatic rings. The van der Waals surface area contributed by atoms with E-state index in [2.05, 4.69) is 39.7 Å². The van der Waals surface area contributed by atoms with Crippen molar-refractivity contribution >= 4 is 40.3 Å². The van der Waals surface area contributed by atoms with Gasteiger partial charge in [0.2, 0.25) is 5.91 Å². The average molecular weight is 365 g/mol. The quantitative estimate of drug-likeness (QED) is 0.550. The zero-order chi connectivity index (χ0) is 18.1. The van der Waals surface area contributed by atoms with Gasteiger partial charge in [-0.15, -0.1) is 12.6 Å². The Labute approximate surface area is 156 Å². The van der Waals surface area contributed by atoms with Crippen molar-refractivity contribution < 1.29 is 4.79 Å². The van der Waals surface area contributed by atoms with E-state index < -0.39 is 5.91 Å². The van der Waals surface area contributed by atoms with E-state index >= 15 is 0 Å². The summed E-state index contributed by atoms with van der Waals surface area (Å²) in [4.78, 5) is 18.0. The first-order chi connectivity index (χ1) is 12.6. The molecule has 0 aliphatic carbocycles. The maximum atomic E-state index is 11.1. The number of thiol groups is 1. The van der Waals surface area contributed by atoms with E-state index in [-0.39, 0.29) is 0 Å². The second-order valence-corrected chi connectivity index (χ2v) is 6.79. The van der Waals surface area contributed by atoms with Crippen LogP contribution in [0.25, 0.3) is 27.1 Å². The monoisotopic (exact) mass is 365 g/mol. The standard InChI is InChI=1S/C19H19N5OS/c20-17(25)10-19(26)24-16-9-13(3-4-15(16)12-22-24)14-5-6-18(21-11-14)23-7-1-2-8-23/h3-6,9-12,26H,1-2,7-8H2,(H2,20,25)/b19-10-. The van der Waals surface area contributed by atoms with Crippen molar-refractivity contribution in [1.82, 2.24) is 14.8 Å². The van der Waals surface area contributed by atoms with Gasteiger partial charge in [-0.1, -0.05) is 12.1 Å². The summed E-state index contributed by atoms with van der Waals surface area (Å²) in [6.07, 6.45) is 7.34. The summed E-state index contributed by atoms with van der Waals surface area (Å²) in [6.45, 7) is 2.16. The van der Waals surface area contributed by atoms with Crippen molar-refractivity contribution in [2.24, 2.45) is 5.73 Å². The number of nitrogens with zero attached hydrogens (tertiary/aromatic N) is 4. The molecule has 6 nitrogen and oxygen atoms in total. The van der Waals surface area contributed by atoms with Crippen LogP contribution in [0, 0.1) is 0 Å². The number of primary amides is 1. The molecule has 4 rings (SSSR count). The molecule has 0 radical (unpaired) electrons. The summed E-state index contributed by atoms with van der Waals surface area (Å²) in [7, 11) is 0. The van der Waals surface area contributed by atoms with E-state index in [0.717, 1.165) is 40.9 Å². The lowest BCUT2D eigenvalue weighted by molar-refractivity contribution is -0.113. The fourth-order valence-electron chi connectivity index (χ4n) is 3.26. The average Bonchev–Trinajstić information content (AvgIpc) is 3.30. The van der Waals surface area contributed by atoms with Crippen LogP contribution in [0.5, 0.6) is 0 Å². The van der Waals surface area contributed by atoms with Gasteiger partial charge >= 0.3 is 0 Å². The number of amides is 1. The van der Waals surface area contributed by atoms with Crippen molar-refractivity contribution in [2.75, 3.05) is 18.0 Å². The number of aromatic nitrogens is 3. The molecule has 2 N–H and O–H groups in total. The highest BCUT2D eigenvalue weighted by atomic mass is 32.1. The van der Waals surface area contributed by atoms with E-state index in [1.165, 1.54) is 18.9 Å². The summed E-state index contributed by atoms with van der Waals surface area (Å²) in [5.74, 6) is 0.468. The van der Waals surface area contributed by atoms with Crippen molar-refractivity contribution in [1.29, 1.82) is 0 Å². The molecule has 132 valence electrons. The van der Waals surface area contributed by atoms with Crippen LogP contribution in [0.4, 0.5) is 5.82 Å². The molecule has 0 atom stereocenters. The summed E-state index contributed by atoms with van der Waals surface area (Å²) < 4.78 is 1.60. The van der Waals surface area contributed by atoms with E-state index in [0.29, 0.717) is 5.03 Å². The lowest BCUT2D eigenvalue weighted by atomic mass is 10.1. The van der Waals surface area contributed by atoms with Gasteiger partial charge in [0.25, 0.3) is 0 Å². The van der Waals surface area contributed by atoms with Crippen molar-refractivity contribution in [3.8, 4) is 11.1 Å². The van der Waals surface area contributed by atoms with Crippen LogP contribution in [0.15, 0.2) is 48.8 Å². The Morgan fingerprint density at radius 3 is 2.58 bits per heavy atom. The van der Waals surface area contributed by atoms with Crippen molar-refractivity contribution in [2.45, 2.75) is 12.8 Å². The van der Waals surface area contributed by atoms with E-state index in [1.807, 2.05) is 24.4 Å². The summed E-state index contributed by atoms with van der Waals surface area (Å²) >= 11 is 4.33. The van der Waals surface area contributed by atoms with Gasteiger partial charge in [0, 0.05) is 36.3 Å². The first kappa shape index (κ1) is 16.7. The molecule has 0 saturated carbocycles. The zero-order valence-electron chi connectivity index (χ0n) is 14.2. The molecule has 7 heteroatoms. The number of pyridine rings is 1. The topological polar surface area (TPSA) is 77.0 Å². The van der Waals surface area contributed by atoms with Gasteiger partial charge in [-0.25, -0.2) is 9.67 Å². The summed E-state index contributed by atoms with van der Waals surface area (Å²) in [5.41, 5.74) is 8.13. The van der Waals surface area contributed by atoms with Gasteiger partial charge in [0.15, 0.2) is 0 Å². The number of anilines is 1. The molecule has 0 unspecified atom stereocenters. The highest BCUT2D eigenvalue weighted by molar-refractivity contribution is 7.90. The minimum Gasteiger partial charge on any atom is -0.366 e. The number of fused-ring (bicyclic) bond motifs is 1.